The van der Waals surface area contributed by atoms with Crippen molar-refractivity contribution in [2.24, 2.45) is 0 Å². The number of benzene rings is 1. The molecule has 0 amide bonds. The van der Waals surface area contributed by atoms with E-state index in [1.165, 1.54) is 0 Å². The summed E-state index contributed by atoms with van der Waals surface area (Å²) in [5, 5.41) is 0. The quantitative estimate of drug-likeness (QED) is 0.812. The van der Waals surface area contributed by atoms with Crippen molar-refractivity contribution in [3.63, 3.8) is 0 Å². The second-order valence-electron chi connectivity index (χ2n) is 4.19. The number of carbonyl (C=O) groups is 1. The standard InChI is InChI=1S/C14H15BrN2O/c1-3-17-7-6-16-14(17)9-13(18)12-5-4-11(15)8-10(12)2/h4-8H,3,9H2,1-2H3. The molecule has 18 heavy (non-hydrogen) atoms. The van der Waals surface area contributed by atoms with Gasteiger partial charge in [-0.15, -0.1) is 0 Å². The van der Waals surface area contributed by atoms with E-state index < -0.39 is 0 Å². The topological polar surface area (TPSA) is 34.9 Å². The van der Waals surface area contributed by atoms with Crippen molar-refractivity contribution in [3.8, 4) is 0 Å². The summed E-state index contributed by atoms with van der Waals surface area (Å²) in [5.41, 5.74) is 1.76. The van der Waals surface area contributed by atoms with Crippen LogP contribution in [0.25, 0.3) is 0 Å². The largest absolute Gasteiger partial charge is 0.335 e. The monoisotopic (exact) mass is 306 g/mol. The summed E-state index contributed by atoms with van der Waals surface area (Å²) in [6.07, 6.45) is 3.99. The van der Waals surface area contributed by atoms with E-state index in [1.807, 2.05) is 42.8 Å². The van der Waals surface area contributed by atoms with Crippen LogP contribution in [0.5, 0.6) is 0 Å². The number of nitrogens with zero attached hydrogens (tertiary/aromatic N) is 2. The summed E-state index contributed by atoms with van der Waals surface area (Å²) >= 11 is 3.40. The fraction of sp³-hybridized carbons (Fsp3) is 0.286. The maximum Gasteiger partial charge on any atom is 0.170 e. The molecular formula is C14H15BrN2O. The van der Waals surface area contributed by atoms with Crippen molar-refractivity contribution in [2.45, 2.75) is 26.8 Å². The maximum atomic E-state index is 12.2. The highest BCUT2D eigenvalue weighted by Gasteiger charge is 2.13. The lowest BCUT2D eigenvalue weighted by Crippen LogP contribution is -2.10. The molecule has 2 aromatic rings. The first-order chi connectivity index (χ1) is 8.61. The normalized spacial score (nSPS) is 10.6. The molecule has 1 aromatic heterocycles. The molecule has 0 N–H and O–H groups in total. The summed E-state index contributed by atoms with van der Waals surface area (Å²) in [6.45, 7) is 4.83. The molecule has 0 aliphatic heterocycles. The fourth-order valence-corrected chi connectivity index (χ4v) is 2.45. The number of ketones is 1. The van der Waals surface area contributed by atoms with Gasteiger partial charge in [0.1, 0.15) is 5.82 Å². The van der Waals surface area contributed by atoms with Gasteiger partial charge in [-0.05, 0) is 31.5 Å². The van der Waals surface area contributed by atoms with E-state index in [1.54, 1.807) is 6.20 Å². The number of halogens is 1. The van der Waals surface area contributed by atoms with Gasteiger partial charge < -0.3 is 4.57 Å². The number of aromatic nitrogens is 2. The molecule has 0 saturated heterocycles. The molecule has 1 aromatic carbocycles. The Morgan fingerprint density at radius 2 is 2.22 bits per heavy atom. The number of hydrogen-bond acceptors (Lipinski definition) is 2. The minimum absolute atomic E-state index is 0.112. The molecule has 0 fully saturated rings. The highest BCUT2D eigenvalue weighted by atomic mass is 79.9. The molecule has 3 nitrogen and oxygen atoms in total. The van der Waals surface area contributed by atoms with Crippen molar-refractivity contribution in [3.05, 3.63) is 52.0 Å². The van der Waals surface area contributed by atoms with Gasteiger partial charge in [0.2, 0.25) is 0 Å². The van der Waals surface area contributed by atoms with Crippen molar-refractivity contribution >= 4 is 21.7 Å². The average Bonchev–Trinajstić information content (AvgIpc) is 2.76. The molecule has 0 atom stereocenters. The van der Waals surface area contributed by atoms with Crippen LogP contribution in [0.3, 0.4) is 0 Å². The zero-order valence-electron chi connectivity index (χ0n) is 10.5. The lowest BCUT2D eigenvalue weighted by atomic mass is 10.0. The van der Waals surface area contributed by atoms with E-state index in [4.69, 9.17) is 0 Å². The van der Waals surface area contributed by atoms with E-state index in [9.17, 15) is 4.79 Å². The Hall–Kier alpha value is -1.42. The SMILES string of the molecule is CCn1ccnc1CC(=O)c1ccc(Br)cc1C. The number of hydrogen-bond donors (Lipinski definition) is 0. The van der Waals surface area contributed by atoms with Crippen molar-refractivity contribution in [1.29, 1.82) is 0 Å². The first-order valence-corrected chi connectivity index (χ1v) is 6.70. The van der Waals surface area contributed by atoms with Crippen LogP contribution in [0.4, 0.5) is 0 Å². The summed E-state index contributed by atoms with van der Waals surface area (Å²) in [5.74, 6) is 0.936. The van der Waals surface area contributed by atoms with Gasteiger partial charge in [0.05, 0.1) is 6.42 Å². The van der Waals surface area contributed by atoms with Crippen LogP contribution in [0.2, 0.25) is 0 Å². The van der Waals surface area contributed by atoms with Crippen LogP contribution >= 0.6 is 15.9 Å². The Morgan fingerprint density at radius 1 is 1.44 bits per heavy atom. The first kappa shape index (κ1) is 13.0. The number of imidazole rings is 1. The van der Waals surface area contributed by atoms with Gasteiger partial charge in [-0.3, -0.25) is 4.79 Å². The fourth-order valence-electron chi connectivity index (χ4n) is 1.97. The van der Waals surface area contributed by atoms with E-state index >= 15 is 0 Å². The minimum Gasteiger partial charge on any atom is -0.335 e. The third-order valence-corrected chi connectivity index (χ3v) is 3.44. The van der Waals surface area contributed by atoms with Gasteiger partial charge in [-0.2, -0.15) is 0 Å². The Morgan fingerprint density at radius 3 is 2.89 bits per heavy atom. The maximum absolute atomic E-state index is 12.2. The Labute approximate surface area is 115 Å². The Balaban J connectivity index is 2.22. The summed E-state index contributed by atoms with van der Waals surface area (Å²) < 4.78 is 2.98. The number of Topliss-reactive ketones (excluding diaryl/α,β-unsaturated/α-hetero) is 1. The van der Waals surface area contributed by atoms with Gasteiger partial charge in [-0.1, -0.05) is 22.0 Å². The molecule has 0 spiro atoms. The third kappa shape index (κ3) is 2.70. The van der Waals surface area contributed by atoms with Gasteiger partial charge in [0.15, 0.2) is 5.78 Å². The molecule has 0 bridgehead atoms. The lowest BCUT2D eigenvalue weighted by molar-refractivity contribution is 0.0989. The average molecular weight is 307 g/mol. The molecule has 94 valence electrons. The molecule has 0 saturated carbocycles. The highest BCUT2D eigenvalue weighted by Crippen LogP contribution is 2.17. The van der Waals surface area contributed by atoms with Crippen molar-refractivity contribution in [2.75, 3.05) is 0 Å². The summed E-state index contributed by atoms with van der Waals surface area (Å²) in [6, 6.07) is 5.72. The van der Waals surface area contributed by atoms with Crippen LogP contribution in [0.1, 0.15) is 28.7 Å². The van der Waals surface area contributed by atoms with Crippen LogP contribution in [-0.2, 0) is 13.0 Å². The lowest BCUT2D eigenvalue weighted by Gasteiger charge is -2.07. The smallest absolute Gasteiger partial charge is 0.170 e. The van der Waals surface area contributed by atoms with Crippen LogP contribution in [0, 0.1) is 6.92 Å². The molecule has 2 rings (SSSR count). The summed E-state index contributed by atoms with van der Waals surface area (Å²) in [4.78, 5) is 16.5. The number of rotatable bonds is 4. The van der Waals surface area contributed by atoms with Gasteiger partial charge in [-0.25, -0.2) is 4.98 Å². The van der Waals surface area contributed by atoms with Crippen LogP contribution < -0.4 is 0 Å². The molecule has 0 aliphatic carbocycles. The van der Waals surface area contributed by atoms with Crippen molar-refractivity contribution < 1.29 is 4.79 Å². The van der Waals surface area contributed by atoms with E-state index in [-0.39, 0.29) is 5.78 Å². The second kappa shape index (κ2) is 5.48. The predicted molar refractivity (Wildman–Crippen MR) is 74.8 cm³/mol. The zero-order chi connectivity index (χ0) is 13.1. The minimum atomic E-state index is 0.112. The predicted octanol–water partition coefficient (Wildman–Crippen LogP) is 3.40. The van der Waals surface area contributed by atoms with E-state index in [2.05, 4.69) is 20.9 Å². The number of aryl methyl sites for hydroxylation is 2. The van der Waals surface area contributed by atoms with Crippen molar-refractivity contribution in [1.82, 2.24) is 9.55 Å². The molecule has 0 radical (unpaired) electrons. The molecule has 1 heterocycles. The second-order valence-corrected chi connectivity index (χ2v) is 5.10. The van der Waals surface area contributed by atoms with Gasteiger partial charge >= 0.3 is 0 Å². The third-order valence-electron chi connectivity index (χ3n) is 2.95. The molecule has 0 aliphatic rings. The van der Waals surface area contributed by atoms with Gasteiger partial charge in [0, 0.05) is 29.0 Å². The highest BCUT2D eigenvalue weighted by molar-refractivity contribution is 9.10. The molecular weight excluding hydrogens is 292 g/mol. The first-order valence-electron chi connectivity index (χ1n) is 5.91. The van der Waals surface area contributed by atoms with E-state index in [0.29, 0.717) is 6.42 Å². The van der Waals surface area contributed by atoms with E-state index in [0.717, 1.165) is 28.0 Å². The number of carbonyl (C=O) groups excluding carboxylic acids is 1. The Bertz CT molecular complexity index is 575. The summed E-state index contributed by atoms with van der Waals surface area (Å²) in [7, 11) is 0. The molecule has 4 heteroatoms. The van der Waals surface area contributed by atoms with Gasteiger partial charge in [0.25, 0.3) is 0 Å². The van der Waals surface area contributed by atoms with Crippen LogP contribution in [-0.4, -0.2) is 15.3 Å². The zero-order valence-corrected chi connectivity index (χ0v) is 12.1. The molecule has 0 unspecified atom stereocenters. The Kier molecular flexibility index (Phi) is 3.97. The van der Waals surface area contributed by atoms with Crippen LogP contribution in [0.15, 0.2) is 35.1 Å².